The van der Waals surface area contributed by atoms with Gasteiger partial charge < -0.3 is 9.13 Å². The van der Waals surface area contributed by atoms with Crippen LogP contribution in [0.2, 0.25) is 0 Å². The first-order chi connectivity index (χ1) is 11.0. The molecule has 0 bridgehead atoms. The fourth-order valence-corrected chi connectivity index (χ4v) is 11.0. The molecule has 1 rings (SSSR count). The zero-order valence-corrected chi connectivity index (χ0v) is 18.9. The molecule has 0 heterocycles. The summed E-state index contributed by atoms with van der Waals surface area (Å²) in [6.45, 7) is 23.4. The van der Waals surface area contributed by atoms with E-state index in [0.717, 1.165) is 0 Å². The molecule has 0 fully saturated rings. The van der Waals surface area contributed by atoms with Gasteiger partial charge in [0, 0.05) is 0 Å². The lowest BCUT2D eigenvalue weighted by molar-refractivity contribution is 0.222. The zero-order chi connectivity index (χ0) is 18.8. The molecule has 0 radical (unpaired) electrons. The number of rotatable bonds is 7. The molecule has 0 aliphatic carbocycles. The molecule has 0 aliphatic heterocycles. The lowest BCUT2D eigenvalue weighted by atomic mass is 10.1. The highest BCUT2D eigenvalue weighted by Gasteiger charge is 2.47. The van der Waals surface area contributed by atoms with Crippen molar-refractivity contribution in [2.24, 2.45) is 0 Å². The summed E-state index contributed by atoms with van der Waals surface area (Å²) in [6, 6.07) is 9.01. The Morgan fingerprint density at radius 1 is 0.750 bits per heavy atom. The predicted octanol–water partition coefficient (Wildman–Crippen LogP) is 3.32. The van der Waals surface area contributed by atoms with Gasteiger partial charge in [-0.25, -0.2) is 0 Å². The van der Waals surface area contributed by atoms with Crippen LogP contribution >= 0.6 is 0 Å². The van der Waals surface area contributed by atoms with Gasteiger partial charge in [-0.3, -0.25) is 0 Å². The van der Waals surface area contributed by atoms with Gasteiger partial charge in [-0.2, -0.15) is 0 Å². The Morgan fingerprint density at radius 3 is 1.46 bits per heavy atom. The van der Waals surface area contributed by atoms with E-state index in [1.54, 1.807) is 5.19 Å². The van der Waals surface area contributed by atoms with Gasteiger partial charge in [-0.05, 0) is 54.3 Å². The summed E-state index contributed by atoms with van der Waals surface area (Å²) >= 11 is 0. The van der Waals surface area contributed by atoms with E-state index in [1.165, 1.54) is 11.1 Å². The van der Waals surface area contributed by atoms with Crippen LogP contribution in [-0.4, -0.2) is 49.0 Å². The van der Waals surface area contributed by atoms with Gasteiger partial charge in [-0.15, -0.1) is 0 Å². The van der Waals surface area contributed by atoms with Crippen molar-refractivity contribution in [1.29, 1.82) is 0 Å². The monoisotopic (exact) mass is 346 g/mol. The van der Waals surface area contributed by atoms with E-state index >= 15 is 0 Å². The number of hydrogen-bond donors (Lipinski definition) is 0. The molecule has 0 atom stereocenters. The van der Waals surface area contributed by atoms with Crippen LogP contribution in [0.25, 0.3) is 0 Å². The predicted molar refractivity (Wildman–Crippen MR) is 114 cm³/mol. The molecule has 1 aromatic carbocycles. The van der Waals surface area contributed by atoms with Crippen molar-refractivity contribution < 1.29 is 0 Å². The van der Waals surface area contributed by atoms with Gasteiger partial charge in [0.15, 0.2) is 8.27 Å². The largest absolute Gasteiger partial charge is 0.309 e. The van der Waals surface area contributed by atoms with Gasteiger partial charge >= 0.3 is 0 Å². The van der Waals surface area contributed by atoms with E-state index in [2.05, 4.69) is 104 Å². The summed E-state index contributed by atoms with van der Waals surface area (Å²) in [5, 5.41) is 1.58. The van der Waals surface area contributed by atoms with Crippen molar-refractivity contribution in [2.45, 2.75) is 93.4 Å². The number of hydrogen-bond acceptors (Lipinski definition) is 2. The first kappa shape index (κ1) is 21.5. The molecule has 1 aromatic rings. The molecule has 0 saturated carbocycles. The molecule has 0 aliphatic rings. The standard InChI is InChI=1S/C20H39BN2Si/c1-14(2)22(15(3)4)24(21,23(16(5)6)17(7)8)20-13-11-12-18(9)19(20)10/h11-17H,21H2,1-10H3. The van der Waals surface area contributed by atoms with Crippen molar-refractivity contribution in [2.75, 3.05) is 0 Å². The Bertz CT molecular complexity index is 504. The topological polar surface area (TPSA) is 6.48 Å². The minimum absolute atomic E-state index is 0.529. The van der Waals surface area contributed by atoms with E-state index < -0.39 is 8.27 Å². The second-order valence-corrected chi connectivity index (χ2v) is 12.1. The van der Waals surface area contributed by atoms with E-state index in [0.29, 0.717) is 24.2 Å². The zero-order valence-electron chi connectivity index (χ0n) is 17.9. The van der Waals surface area contributed by atoms with E-state index in [-0.39, 0.29) is 0 Å². The van der Waals surface area contributed by atoms with Crippen molar-refractivity contribution in [3.63, 3.8) is 0 Å². The smallest absolute Gasteiger partial charge is 0.193 e. The summed E-state index contributed by atoms with van der Waals surface area (Å²) in [4.78, 5) is 0. The quantitative estimate of drug-likeness (QED) is 0.699. The number of aryl methyl sites for hydroxylation is 1. The van der Waals surface area contributed by atoms with Crippen LogP contribution in [0.5, 0.6) is 0 Å². The SMILES string of the molecule is B[Si](c1cccc(C)c1C)(N(C(C)C)C(C)C)N(C(C)C)C(C)C. The molecule has 136 valence electrons. The van der Waals surface area contributed by atoms with Gasteiger partial charge in [-0.1, -0.05) is 73.6 Å². The van der Waals surface area contributed by atoms with Crippen molar-refractivity contribution in [1.82, 2.24) is 9.13 Å². The Hall–Kier alpha value is -0.578. The lowest BCUT2D eigenvalue weighted by Gasteiger charge is -2.55. The fourth-order valence-electron chi connectivity index (χ4n) is 4.88. The van der Waals surface area contributed by atoms with Crippen LogP contribution in [0, 0.1) is 13.8 Å². The lowest BCUT2D eigenvalue weighted by Crippen LogP contribution is -2.79. The molecule has 2 nitrogen and oxygen atoms in total. The molecule has 0 amide bonds. The van der Waals surface area contributed by atoms with Crippen LogP contribution in [0.1, 0.15) is 66.5 Å². The third-order valence-corrected chi connectivity index (χ3v) is 11.0. The van der Waals surface area contributed by atoms with Gasteiger partial charge in [0.25, 0.3) is 0 Å². The average Bonchev–Trinajstić information content (AvgIpc) is 2.39. The van der Waals surface area contributed by atoms with Gasteiger partial charge in [0.05, 0.1) is 0 Å². The van der Waals surface area contributed by atoms with Crippen LogP contribution in [0.4, 0.5) is 0 Å². The van der Waals surface area contributed by atoms with Crippen LogP contribution in [-0.2, 0) is 0 Å². The maximum Gasteiger partial charge on any atom is 0.193 e. The van der Waals surface area contributed by atoms with E-state index in [9.17, 15) is 0 Å². The second kappa shape index (κ2) is 8.20. The van der Waals surface area contributed by atoms with Crippen molar-refractivity contribution in [3.05, 3.63) is 29.3 Å². The minimum atomic E-state index is -2.05. The summed E-state index contributed by atoms with van der Waals surface area (Å²) in [5.74, 6) is 0. The Balaban J connectivity index is 3.77. The van der Waals surface area contributed by atoms with Crippen LogP contribution in [0.3, 0.4) is 0 Å². The minimum Gasteiger partial charge on any atom is -0.309 e. The summed E-state index contributed by atoms with van der Waals surface area (Å²) in [7, 11) is 0.518. The summed E-state index contributed by atoms with van der Waals surface area (Å²) in [6.07, 6.45) is 0. The Kier molecular flexibility index (Phi) is 7.33. The molecule has 0 aromatic heterocycles. The molecule has 0 spiro atoms. The molecular formula is C20H39BN2Si. The maximum absolute atomic E-state index is 2.81. The highest BCUT2D eigenvalue weighted by atomic mass is 28.3. The molecule has 0 N–H and O–H groups in total. The Labute approximate surface area is 153 Å². The van der Waals surface area contributed by atoms with Crippen molar-refractivity contribution >= 4 is 20.9 Å². The third kappa shape index (κ3) is 3.97. The van der Waals surface area contributed by atoms with Crippen LogP contribution < -0.4 is 5.19 Å². The highest BCUT2D eigenvalue weighted by Crippen LogP contribution is 2.25. The summed E-state index contributed by atoms with van der Waals surface area (Å²) < 4.78 is 5.63. The first-order valence-electron chi connectivity index (χ1n) is 9.59. The second-order valence-electron chi connectivity index (χ2n) is 8.46. The van der Waals surface area contributed by atoms with Gasteiger partial charge in [0.2, 0.25) is 0 Å². The molecular weight excluding hydrogens is 307 g/mol. The van der Waals surface area contributed by atoms with Crippen molar-refractivity contribution in [3.8, 4) is 0 Å². The number of benzene rings is 1. The normalized spacial score (nSPS) is 13.3. The third-order valence-electron chi connectivity index (χ3n) is 5.35. The fraction of sp³-hybridized carbons (Fsp3) is 0.700. The average molecular weight is 346 g/mol. The summed E-state index contributed by atoms with van der Waals surface area (Å²) in [5.41, 5.74) is 2.88. The van der Waals surface area contributed by atoms with E-state index in [4.69, 9.17) is 0 Å². The van der Waals surface area contributed by atoms with E-state index in [1.807, 2.05) is 0 Å². The Morgan fingerprint density at radius 2 is 1.12 bits per heavy atom. The first-order valence-corrected chi connectivity index (χ1v) is 12.0. The highest BCUT2D eigenvalue weighted by molar-refractivity contribution is 7.21. The molecule has 4 heteroatoms. The molecule has 24 heavy (non-hydrogen) atoms. The van der Waals surface area contributed by atoms with Crippen LogP contribution in [0.15, 0.2) is 18.2 Å². The molecule has 0 saturated heterocycles. The van der Waals surface area contributed by atoms with Gasteiger partial charge in [0.1, 0.15) is 7.44 Å². The maximum atomic E-state index is 2.81. The number of nitrogens with zero attached hydrogens (tertiary/aromatic N) is 2. The molecule has 0 unspecified atom stereocenters.